The van der Waals surface area contributed by atoms with Crippen molar-refractivity contribution in [2.75, 3.05) is 89.8 Å². The quantitative estimate of drug-likeness (QED) is 0.0253. The van der Waals surface area contributed by atoms with Gasteiger partial charge in [-0.05, 0) is 24.0 Å². The molecule has 2 heterocycles. The highest BCUT2D eigenvalue weighted by Crippen LogP contribution is 2.31. The van der Waals surface area contributed by atoms with Crippen molar-refractivity contribution in [1.82, 2.24) is 15.5 Å². The molecule has 7 N–H and O–H groups in total. The van der Waals surface area contributed by atoms with Crippen LogP contribution in [0.5, 0.6) is 5.75 Å². The number of anilines is 1. The van der Waals surface area contributed by atoms with Gasteiger partial charge in [0.1, 0.15) is 30.7 Å². The van der Waals surface area contributed by atoms with E-state index >= 15 is 0 Å². The number of carbonyl (C=O) groups is 7. The second-order valence-electron chi connectivity index (χ2n) is 12.9. The Morgan fingerprint density at radius 3 is 1.98 bits per heavy atom. The number of esters is 1. The first-order chi connectivity index (χ1) is 28.8. The summed E-state index contributed by atoms with van der Waals surface area (Å²) < 4.78 is 37.6. The largest absolute Gasteiger partial charge is 0.479 e. The van der Waals surface area contributed by atoms with E-state index in [1.165, 1.54) is 30.0 Å². The summed E-state index contributed by atoms with van der Waals surface area (Å²) in [5.41, 5.74) is 0.456. The van der Waals surface area contributed by atoms with Crippen LogP contribution in [0.2, 0.25) is 0 Å². The van der Waals surface area contributed by atoms with E-state index in [0.29, 0.717) is 32.0 Å². The third-order valence-electron chi connectivity index (χ3n) is 8.33. The van der Waals surface area contributed by atoms with Crippen LogP contribution in [-0.4, -0.2) is 182 Å². The maximum atomic E-state index is 12.9. The van der Waals surface area contributed by atoms with Gasteiger partial charge in [0.15, 0.2) is 6.10 Å². The van der Waals surface area contributed by atoms with E-state index in [4.69, 9.17) is 33.2 Å². The number of ether oxygens (including phenoxy) is 7. The lowest BCUT2D eigenvalue weighted by Gasteiger charge is -2.38. The molecule has 2 aliphatic rings. The molecule has 22 nitrogen and oxygen atoms in total. The smallest absolute Gasteiger partial charge is 0.335 e. The number of carboxylic acid groups (broad SMARTS) is 1. The van der Waals surface area contributed by atoms with Crippen LogP contribution < -0.4 is 20.7 Å². The molecular formula is C37H52N4O18S. The van der Waals surface area contributed by atoms with Crippen LogP contribution in [0.4, 0.5) is 5.69 Å². The Morgan fingerprint density at radius 2 is 1.35 bits per heavy atom. The molecule has 0 aromatic heterocycles. The molecule has 0 unspecified atom stereocenters. The molecule has 1 aromatic rings. The van der Waals surface area contributed by atoms with Gasteiger partial charge >= 0.3 is 11.9 Å². The number of rotatable bonds is 29. The SMILES string of the molecule is CSCC(=O)OCc1ccc(O[C@@H]2O[C@H](C(=O)O)[C@@H](O)[C@H](O)[C@H]2O)c(NC(=O)CCNC(=O)CCOCCOCCOCCOCCNC(=O)CCN2C(=O)C=CC2=O)c1. The van der Waals surface area contributed by atoms with Gasteiger partial charge < -0.3 is 69.5 Å². The number of nitrogens with zero attached hydrogens (tertiary/aromatic N) is 1. The van der Waals surface area contributed by atoms with E-state index in [2.05, 4.69) is 16.0 Å². The van der Waals surface area contributed by atoms with E-state index in [0.717, 1.165) is 17.1 Å². The molecule has 0 spiro atoms. The molecule has 1 saturated heterocycles. The van der Waals surface area contributed by atoms with Gasteiger partial charge in [0.05, 0.1) is 64.3 Å². The molecule has 23 heteroatoms. The van der Waals surface area contributed by atoms with Gasteiger partial charge in [0.25, 0.3) is 11.8 Å². The Hall–Kier alpha value is -4.72. The fourth-order valence-electron chi connectivity index (χ4n) is 5.22. The maximum absolute atomic E-state index is 12.9. The number of nitrogens with one attached hydrogen (secondary N) is 3. The van der Waals surface area contributed by atoms with E-state index in [-0.39, 0.29) is 101 Å². The number of amides is 5. The third-order valence-corrected chi connectivity index (χ3v) is 8.86. The predicted molar refractivity (Wildman–Crippen MR) is 207 cm³/mol. The normalized spacial score (nSPS) is 19.9. The molecule has 1 fully saturated rings. The zero-order chi connectivity index (χ0) is 43.9. The van der Waals surface area contributed by atoms with E-state index in [9.17, 15) is 54.0 Å². The first-order valence-corrected chi connectivity index (χ1v) is 20.2. The molecule has 60 heavy (non-hydrogen) atoms. The Balaban J connectivity index is 1.25. The highest BCUT2D eigenvalue weighted by Gasteiger charge is 2.48. The number of benzene rings is 1. The average Bonchev–Trinajstić information content (AvgIpc) is 3.54. The lowest BCUT2D eigenvalue weighted by Crippen LogP contribution is -2.61. The molecule has 334 valence electrons. The lowest BCUT2D eigenvalue weighted by molar-refractivity contribution is -0.271. The molecule has 3 rings (SSSR count). The first kappa shape index (κ1) is 49.6. The number of hydrogen-bond donors (Lipinski definition) is 7. The van der Waals surface area contributed by atoms with Crippen molar-refractivity contribution in [2.45, 2.75) is 56.6 Å². The summed E-state index contributed by atoms with van der Waals surface area (Å²) >= 11 is 1.27. The molecule has 0 radical (unpaired) electrons. The molecular weight excluding hydrogens is 820 g/mol. The minimum atomic E-state index is -1.94. The Morgan fingerprint density at radius 1 is 0.750 bits per heavy atom. The summed E-state index contributed by atoms with van der Waals surface area (Å²) in [5.74, 6) is -4.19. The van der Waals surface area contributed by atoms with E-state index in [1.807, 2.05) is 0 Å². The van der Waals surface area contributed by atoms with Crippen molar-refractivity contribution in [2.24, 2.45) is 0 Å². The number of aliphatic hydroxyl groups is 3. The lowest BCUT2D eigenvalue weighted by atomic mass is 9.99. The van der Waals surface area contributed by atoms with Crippen LogP contribution in [0, 0.1) is 0 Å². The Labute approximate surface area is 349 Å². The summed E-state index contributed by atoms with van der Waals surface area (Å²) in [6, 6.07) is 4.25. The molecule has 5 amide bonds. The zero-order valence-corrected chi connectivity index (χ0v) is 33.8. The average molecular weight is 873 g/mol. The van der Waals surface area contributed by atoms with Gasteiger partial charge in [0.2, 0.25) is 24.0 Å². The molecule has 5 atom stereocenters. The van der Waals surface area contributed by atoms with Crippen LogP contribution in [0.1, 0.15) is 24.8 Å². The number of aliphatic hydroxyl groups excluding tert-OH is 3. The topological polar surface area (TPSA) is 304 Å². The predicted octanol–water partition coefficient (Wildman–Crippen LogP) is -2.30. The van der Waals surface area contributed by atoms with E-state index < -0.39 is 60.4 Å². The highest BCUT2D eigenvalue weighted by atomic mass is 32.2. The van der Waals surface area contributed by atoms with Crippen molar-refractivity contribution < 1.29 is 87.1 Å². The van der Waals surface area contributed by atoms with E-state index in [1.54, 1.807) is 6.26 Å². The van der Waals surface area contributed by atoms with Crippen molar-refractivity contribution >= 4 is 58.9 Å². The third kappa shape index (κ3) is 17.9. The summed E-state index contributed by atoms with van der Waals surface area (Å²) in [4.78, 5) is 84.3. The fourth-order valence-corrected chi connectivity index (χ4v) is 5.54. The van der Waals surface area contributed by atoms with Gasteiger partial charge in [-0.1, -0.05) is 6.07 Å². The van der Waals surface area contributed by atoms with Crippen molar-refractivity contribution in [1.29, 1.82) is 0 Å². The standard InChI is InChI=1S/C37H52N4O18S/c1-60-22-31(47)57-21-23-2-3-25(58-37-34(50)32(48)33(49)35(59-37)36(51)52)24(20-23)40-28(44)6-9-38-27(43)8-12-53-14-16-55-18-19-56-17-15-54-13-10-39-26(42)7-11-41-29(45)4-5-30(41)46/h2-5,20,32-35,37,48-50H,6-19,21-22H2,1H3,(H,38,43)(H,39,42)(H,40,44)(H,51,52)/t32-,33-,34+,35-,37+/m0/s1. The monoisotopic (exact) mass is 872 g/mol. The fraction of sp³-hybridized carbons (Fsp3) is 0.595. The zero-order valence-electron chi connectivity index (χ0n) is 32.9. The number of imide groups is 1. The molecule has 1 aromatic carbocycles. The summed E-state index contributed by atoms with van der Waals surface area (Å²) in [7, 11) is 0. The second kappa shape index (κ2) is 27.2. The van der Waals surface area contributed by atoms with Gasteiger partial charge in [-0.3, -0.25) is 33.7 Å². The molecule has 2 aliphatic heterocycles. The minimum Gasteiger partial charge on any atom is -0.479 e. The van der Waals surface area contributed by atoms with Crippen molar-refractivity contribution in [3.63, 3.8) is 0 Å². The van der Waals surface area contributed by atoms with Gasteiger partial charge in [-0.2, -0.15) is 11.8 Å². The van der Waals surface area contributed by atoms with Gasteiger partial charge in [-0.15, -0.1) is 0 Å². The van der Waals surface area contributed by atoms with Crippen LogP contribution in [-0.2, 0) is 68.6 Å². The van der Waals surface area contributed by atoms with Gasteiger partial charge in [-0.25, -0.2) is 4.79 Å². The van der Waals surface area contributed by atoms with Crippen LogP contribution in [0.3, 0.4) is 0 Å². The van der Waals surface area contributed by atoms with Crippen LogP contribution in [0.15, 0.2) is 30.4 Å². The second-order valence-corrected chi connectivity index (χ2v) is 13.8. The molecule has 0 bridgehead atoms. The van der Waals surface area contributed by atoms with Crippen molar-refractivity contribution in [3.05, 3.63) is 35.9 Å². The number of carbonyl (C=O) groups excluding carboxylic acids is 6. The number of aliphatic carboxylic acids is 1. The van der Waals surface area contributed by atoms with Gasteiger partial charge in [0, 0.05) is 51.0 Å². The molecule has 0 saturated carbocycles. The minimum absolute atomic E-state index is 0.00271. The summed E-state index contributed by atoms with van der Waals surface area (Å²) in [6.07, 6.45) is -5.50. The summed E-state index contributed by atoms with van der Waals surface area (Å²) in [6.45, 7) is 2.16. The number of hydrogen-bond acceptors (Lipinski definition) is 18. The van der Waals surface area contributed by atoms with Crippen LogP contribution >= 0.6 is 11.8 Å². The van der Waals surface area contributed by atoms with Crippen LogP contribution in [0.25, 0.3) is 0 Å². The highest BCUT2D eigenvalue weighted by molar-refractivity contribution is 7.99. The number of carboxylic acids is 1. The van der Waals surface area contributed by atoms with Crippen molar-refractivity contribution in [3.8, 4) is 5.75 Å². The summed E-state index contributed by atoms with van der Waals surface area (Å²) in [5, 5.41) is 47.8. The maximum Gasteiger partial charge on any atom is 0.335 e. The Bertz CT molecular complexity index is 1610. The Kier molecular flexibility index (Phi) is 22.5. The number of thioether (sulfide) groups is 1. The first-order valence-electron chi connectivity index (χ1n) is 18.8. The molecule has 0 aliphatic carbocycles.